The monoisotopic (exact) mass is 310 g/mol. The smallest absolute Gasteiger partial charge is 0.329 e. The molecular formula is C15H22N2O3S. The van der Waals surface area contributed by atoms with Crippen LogP contribution in [-0.4, -0.2) is 27.5 Å². The molecule has 2 N–H and O–H groups in total. The summed E-state index contributed by atoms with van der Waals surface area (Å²) < 4.78 is 0. The fourth-order valence-electron chi connectivity index (χ4n) is 2.99. The number of hydrogen-bond acceptors (Lipinski definition) is 4. The molecule has 0 spiro atoms. The van der Waals surface area contributed by atoms with Crippen molar-refractivity contribution >= 4 is 23.2 Å². The Bertz CT molecular complexity index is 545. The van der Waals surface area contributed by atoms with E-state index in [1.807, 2.05) is 6.92 Å². The van der Waals surface area contributed by atoms with Crippen molar-refractivity contribution < 1.29 is 14.7 Å². The third-order valence-electron chi connectivity index (χ3n) is 4.41. The second kappa shape index (κ2) is 6.13. The molecule has 1 aliphatic carbocycles. The zero-order valence-electron chi connectivity index (χ0n) is 12.7. The first-order chi connectivity index (χ1) is 9.88. The number of aryl methyl sites for hydroxylation is 2. The van der Waals surface area contributed by atoms with Crippen molar-refractivity contribution in [3.8, 4) is 0 Å². The van der Waals surface area contributed by atoms with Gasteiger partial charge in [0.25, 0.3) is 5.91 Å². The van der Waals surface area contributed by atoms with Crippen molar-refractivity contribution in [2.45, 2.75) is 58.4 Å². The molecule has 6 heteroatoms. The third kappa shape index (κ3) is 3.26. The lowest BCUT2D eigenvalue weighted by Crippen LogP contribution is -2.56. The van der Waals surface area contributed by atoms with Crippen LogP contribution in [0.1, 0.15) is 59.4 Å². The zero-order valence-corrected chi connectivity index (χ0v) is 13.5. The van der Waals surface area contributed by atoms with Gasteiger partial charge < -0.3 is 10.4 Å². The van der Waals surface area contributed by atoms with E-state index >= 15 is 0 Å². The lowest BCUT2D eigenvalue weighted by Gasteiger charge is -2.37. The van der Waals surface area contributed by atoms with Gasteiger partial charge in [-0.1, -0.05) is 13.3 Å². The van der Waals surface area contributed by atoms with Crippen molar-refractivity contribution in [3.05, 3.63) is 15.6 Å². The fraction of sp³-hybridized carbons (Fsp3) is 0.667. The lowest BCUT2D eigenvalue weighted by atomic mass is 9.75. The van der Waals surface area contributed by atoms with Crippen LogP contribution in [0.4, 0.5) is 0 Å². The lowest BCUT2D eigenvalue weighted by molar-refractivity contribution is -0.146. The van der Waals surface area contributed by atoms with Crippen LogP contribution in [0.5, 0.6) is 0 Å². The highest BCUT2D eigenvalue weighted by Crippen LogP contribution is 2.34. The van der Waals surface area contributed by atoms with Gasteiger partial charge >= 0.3 is 5.97 Å². The highest BCUT2D eigenvalue weighted by atomic mass is 32.1. The molecule has 0 bridgehead atoms. The van der Waals surface area contributed by atoms with Gasteiger partial charge in [0.2, 0.25) is 0 Å². The Morgan fingerprint density at radius 1 is 1.38 bits per heavy atom. The second-order valence-electron chi connectivity index (χ2n) is 5.84. The minimum atomic E-state index is -1.12. The topological polar surface area (TPSA) is 79.3 Å². The van der Waals surface area contributed by atoms with Crippen molar-refractivity contribution in [1.82, 2.24) is 10.3 Å². The van der Waals surface area contributed by atoms with E-state index in [4.69, 9.17) is 0 Å². The van der Waals surface area contributed by atoms with Gasteiger partial charge in [0, 0.05) is 0 Å². The van der Waals surface area contributed by atoms with E-state index in [2.05, 4.69) is 17.2 Å². The van der Waals surface area contributed by atoms with Gasteiger partial charge in [-0.3, -0.25) is 4.79 Å². The summed E-state index contributed by atoms with van der Waals surface area (Å²) in [6.45, 7) is 5.74. The zero-order chi connectivity index (χ0) is 15.6. The van der Waals surface area contributed by atoms with Gasteiger partial charge in [0.1, 0.15) is 10.4 Å². The Balaban J connectivity index is 2.16. The molecule has 1 aromatic heterocycles. The number of thiazole rings is 1. The molecule has 1 fully saturated rings. The average molecular weight is 310 g/mol. The number of hydrogen-bond donors (Lipinski definition) is 2. The largest absolute Gasteiger partial charge is 0.480 e. The van der Waals surface area contributed by atoms with E-state index in [9.17, 15) is 14.7 Å². The Morgan fingerprint density at radius 2 is 2.00 bits per heavy atom. The quantitative estimate of drug-likeness (QED) is 0.896. The van der Waals surface area contributed by atoms with E-state index in [0.29, 0.717) is 29.3 Å². The summed E-state index contributed by atoms with van der Waals surface area (Å²) in [6, 6.07) is 0. The normalized spacial score (nSPS) is 25.6. The van der Waals surface area contributed by atoms with Gasteiger partial charge in [-0.15, -0.1) is 11.3 Å². The molecule has 1 aromatic rings. The number of rotatable bonds is 4. The van der Waals surface area contributed by atoms with Crippen molar-refractivity contribution in [3.63, 3.8) is 0 Å². The number of nitrogens with zero attached hydrogens (tertiary/aromatic N) is 1. The van der Waals surface area contributed by atoms with Gasteiger partial charge in [-0.25, -0.2) is 9.78 Å². The van der Waals surface area contributed by atoms with Crippen molar-refractivity contribution in [2.24, 2.45) is 5.92 Å². The highest BCUT2D eigenvalue weighted by molar-refractivity contribution is 7.13. The first-order valence-corrected chi connectivity index (χ1v) is 8.19. The van der Waals surface area contributed by atoms with E-state index in [0.717, 1.165) is 24.3 Å². The van der Waals surface area contributed by atoms with Crippen LogP contribution in [0.3, 0.4) is 0 Å². The molecule has 116 valence electrons. The summed E-state index contributed by atoms with van der Waals surface area (Å²) in [4.78, 5) is 28.9. The van der Waals surface area contributed by atoms with E-state index in [1.165, 1.54) is 11.3 Å². The first kappa shape index (κ1) is 15.9. The van der Waals surface area contributed by atoms with E-state index in [1.54, 1.807) is 6.92 Å². The molecule has 5 nitrogen and oxygen atoms in total. The van der Waals surface area contributed by atoms with Gasteiger partial charge in [-0.2, -0.15) is 0 Å². The van der Waals surface area contributed by atoms with Gasteiger partial charge in [0.15, 0.2) is 0 Å². The molecule has 0 atom stereocenters. The predicted octanol–water partition coefficient (Wildman–Crippen LogP) is 2.91. The molecule has 0 unspecified atom stereocenters. The number of aromatic nitrogens is 1. The maximum atomic E-state index is 12.4. The standard InChI is InChI=1S/C15H22N2O3S/c1-4-11-5-7-15(8-6-11,14(19)20)17-13(18)12-9(2)16-10(3)21-12/h11H,4-8H2,1-3H3,(H,17,18)(H,19,20). The average Bonchev–Trinajstić information content (AvgIpc) is 2.78. The second-order valence-corrected chi connectivity index (χ2v) is 7.04. The molecule has 0 aromatic carbocycles. The summed E-state index contributed by atoms with van der Waals surface area (Å²) in [5, 5.41) is 13.2. The molecule has 0 radical (unpaired) electrons. The predicted molar refractivity (Wildman–Crippen MR) is 81.7 cm³/mol. The number of carbonyl (C=O) groups is 2. The van der Waals surface area contributed by atoms with Gasteiger partial charge in [-0.05, 0) is 45.4 Å². The third-order valence-corrected chi connectivity index (χ3v) is 5.48. The molecule has 2 rings (SSSR count). The van der Waals surface area contributed by atoms with Crippen LogP contribution in [0.15, 0.2) is 0 Å². The Kier molecular flexibility index (Phi) is 4.66. The molecule has 1 amide bonds. The number of nitrogens with one attached hydrogen (secondary N) is 1. The van der Waals surface area contributed by atoms with E-state index < -0.39 is 11.5 Å². The maximum absolute atomic E-state index is 12.4. The number of carboxylic acid groups (broad SMARTS) is 1. The van der Waals surface area contributed by atoms with Gasteiger partial charge in [0.05, 0.1) is 10.7 Å². The Morgan fingerprint density at radius 3 is 2.43 bits per heavy atom. The van der Waals surface area contributed by atoms with Crippen LogP contribution in [0.25, 0.3) is 0 Å². The molecule has 1 aliphatic rings. The summed E-state index contributed by atoms with van der Waals surface area (Å²) in [6.07, 6.45) is 3.77. The SMILES string of the molecule is CCC1CCC(NC(=O)c2sc(C)nc2C)(C(=O)O)CC1. The van der Waals surface area contributed by atoms with Crippen LogP contribution >= 0.6 is 11.3 Å². The minimum Gasteiger partial charge on any atom is -0.480 e. The molecule has 1 heterocycles. The molecule has 0 aliphatic heterocycles. The number of amides is 1. The summed E-state index contributed by atoms with van der Waals surface area (Å²) in [7, 11) is 0. The summed E-state index contributed by atoms with van der Waals surface area (Å²) in [5.41, 5.74) is -0.453. The molecule has 1 saturated carbocycles. The first-order valence-electron chi connectivity index (χ1n) is 7.38. The van der Waals surface area contributed by atoms with Crippen LogP contribution in [0.2, 0.25) is 0 Å². The van der Waals surface area contributed by atoms with Crippen LogP contribution < -0.4 is 5.32 Å². The molecular weight excluding hydrogens is 288 g/mol. The highest BCUT2D eigenvalue weighted by Gasteiger charge is 2.43. The van der Waals surface area contributed by atoms with E-state index in [-0.39, 0.29) is 5.91 Å². The number of carboxylic acids is 1. The number of carbonyl (C=O) groups excluding carboxylic acids is 1. The Labute approximate surface area is 128 Å². The maximum Gasteiger partial charge on any atom is 0.329 e. The Hall–Kier alpha value is -1.43. The van der Waals surface area contributed by atoms with Crippen LogP contribution in [0, 0.1) is 19.8 Å². The van der Waals surface area contributed by atoms with Crippen LogP contribution in [-0.2, 0) is 4.79 Å². The summed E-state index contributed by atoms with van der Waals surface area (Å²) >= 11 is 1.31. The molecule has 0 saturated heterocycles. The van der Waals surface area contributed by atoms with Crippen molar-refractivity contribution in [2.75, 3.05) is 0 Å². The van der Waals surface area contributed by atoms with Crippen molar-refractivity contribution in [1.29, 1.82) is 0 Å². The minimum absolute atomic E-state index is 0.310. The summed E-state index contributed by atoms with van der Waals surface area (Å²) in [5.74, 6) is -0.665. The number of aliphatic carboxylic acids is 1. The fourth-order valence-corrected chi connectivity index (χ4v) is 3.80. The molecule has 21 heavy (non-hydrogen) atoms.